The second-order valence-electron chi connectivity index (χ2n) is 5.64. The van der Waals surface area contributed by atoms with Crippen molar-refractivity contribution in [2.24, 2.45) is 0 Å². The first-order valence-electron chi connectivity index (χ1n) is 7.95. The molecule has 2 aromatic carbocycles. The van der Waals surface area contributed by atoms with E-state index in [0.717, 1.165) is 0 Å². The van der Waals surface area contributed by atoms with Crippen LogP contribution in [-0.4, -0.2) is 31.6 Å². The summed E-state index contributed by atoms with van der Waals surface area (Å²) in [7, 11) is 1.51. The second kappa shape index (κ2) is 6.37. The number of benzene rings is 2. The Morgan fingerprint density at radius 1 is 1.15 bits per heavy atom. The largest absolute Gasteiger partial charge is 0.495 e. The number of aromatic nitrogens is 4. The lowest BCUT2D eigenvalue weighted by Gasteiger charge is -2.09. The molecule has 2 aromatic heterocycles. The minimum atomic E-state index is -0.493. The van der Waals surface area contributed by atoms with Gasteiger partial charge in [-0.15, -0.1) is 0 Å². The molecule has 0 radical (unpaired) electrons. The summed E-state index contributed by atoms with van der Waals surface area (Å²) in [5.41, 5.74) is 0.955. The zero-order chi connectivity index (χ0) is 19.0. The van der Waals surface area contributed by atoms with Crippen LogP contribution in [0.15, 0.2) is 59.5 Å². The van der Waals surface area contributed by atoms with Crippen molar-refractivity contribution in [2.75, 3.05) is 7.11 Å². The van der Waals surface area contributed by atoms with Gasteiger partial charge in [0.15, 0.2) is 11.5 Å². The molecule has 0 saturated heterocycles. The maximum atomic E-state index is 12.5. The number of imidazole rings is 1. The molecule has 0 aliphatic heterocycles. The topological polar surface area (TPSA) is 116 Å². The van der Waals surface area contributed by atoms with Crippen LogP contribution in [0.25, 0.3) is 28.2 Å². The van der Waals surface area contributed by atoms with Crippen LogP contribution in [0, 0.1) is 10.1 Å². The molecule has 0 saturated carbocycles. The standard InChI is InChI=1S/C18H13N5O4/c1-27-15-9-5-4-8-14(15)22-17-12(20-18(22)24)10-19-16(21-17)11-6-2-3-7-13(11)23(25)26/h2-10H,1H3,(H,20,24). The predicted octanol–water partition coefficient (Wildman–Crippen LogP) is 2.69. The molecule has 0 atom stereocenters. The lowest BCUT2D eigenvalue weighted by atomic mass is 10.1. The highest BCUT2D eigenvalue weighted by Crippen LogP contribution is 2.28. The van der Waals surface area contributed by atoms with Crippen LogP contribution in [0.2, 0.25) is 0 Å². The SMILES string of the molecule is COc1ccccc1-n1c(=O)[nH]c2cnc(-c3ccccc3[N+](=O)[O-])nc21. The van der Waals surface area contributed by atoms with Crippen molar-refractivity contribution < 1.29 is 9.66 Å². The van der Waals surface area contributed by atoms with Gasteiger partial charge in [-0.25, -0.2) is 19.3 Å². The number of hydrogen-bond donors (Lipinski definition) is 1. The summed E-state index contributed by atoms with van der Waals surface area (Å²) in [6.07, 6.45) is 1.43. The number of para-hydroxylation sites is 3. The van der Waals surface area contributed by atoms with Crippen molar-refractivity contribution in [3.63, 3.8) is 0 Å². The fraction of sp³-hybridized carbons (Fsp3) is 0.0556. The molecule has 4 rings (SSSR count). The van der Waals surface area contributed by atoms with Gasteiger partial charge in [-0.05, 0) is 18.2 Å². The van der Waals surface area contributed by atoms with E-state index in [4.69, 9.17) is 4.74 Å². The summed E-state index contributed by atoms with van der Waals surface area (Å²) >= 11 is 0. The number of ether oxygens (including phenoxy) is 1. The highest BCUT2D eigenvalue weighted by atomic mass is 16.6. The van der Waals surface area contributed by atoms with E-state index in [-0.39, 0.29) is 17.1 Å². The summed E-state index contributed by atoms with van der Waals surface area (Å²) in [6, 6.07) is 13.2. The Morgan fingerprint density at radius 2 is 1.89 bits per heavy atom. The first-order chi connectivity index (χ1) is 13.1. The number of aromatic amines is 1. The number of nitrogens with one attached hydrogen (secondary N) is 1. The van der Waals surface area contributed by atoms with E-state index < -0.39 is 10.6 Å². The van der Waals surface area contributed by atoms with Gasteiger partial charge in [-0.2, -0.15) is 0 Å². The van der Waals surface area contributed by atoms with Crippen molar-refractivity contribution in [1.29, 1.82) is 0 Å². The molecule has 1 N–H and O–H groups in total. The molecule has 27 heavy (non-hydrogen) atoms. The zero-order valence-electron chi connectivity index (χ0n) is 14.1. The van der Waals surface area contributed by atoms with Gasteiger partial charge in [0.05, 0.1) is 29.5 Å². The van der Waals surface area contributed by atoms with Gasteiger partial charge in [0.1, 0.15) is 11.3 Å². The molecule has 0 bridgehead atoms. The molecular weight excluding hydrogens is 350 g/mol. The highest BCUT2D eigenvalue weighted by molar-refractivity contribution is 5.77. The Balaban J connectivity index is 1.99. The molecule has 0 amide bonds. The molecule has 9 heteroatoms. The third-order valence-electron chi connectivity index (χ3n) is 4.09. The van der Waals surface area contributed by atoms with E-state index in [1.54, 1.807) is 42.5 Å². The first kappa shape index (κ1) is 16.5. The van der Waals surface area contributed by atoms with Gasteiger partial charge in [-0.1, -0.05) is 24.3 Å². The van der Waals surface area contributed by atoms with Gasteiger partial charge in [0.2, 0.25) is 0 Å². The van der Waals surface area contributed by atoms with E-state index in [9.17, 15) is 14.9 Å². The molecule has 0 spiro atoms. The summed E-state index contributed by atoms with van der Waals surface area (Å²) in [6.45, 7) is 0. The van der Waals surface area contributed by atoms with Crippen LogP contribution in [0.3, 0.4) is 0 Å². The van der Waals surface area contributed by atoms with Crippen molar-refractivity contribution in [2.45, 2.75) is 0 Å². The number of methoxy groups -OCH3 is 1. The van der Waals surface area contributed by atoms with Crippen LogP contribution >= 0.6 is 0 Å². The van der Waals surface area contributed by atoms with Crippen molar-refractivity contribution in [3.05, 3.63) is 75.3 Å². The number of nitro benzene ring substituents is 1. The summed E-state index contributed by atoms with van der Waals surface area (Å²) in [5, 5.41) is 11.3. The van der Waals surface area contributed by atoms with Crippen molar-refractivity contribution in [3.8, 4) is 22.8 Å². The highest BCUT2D eigenvalue weighted by Gasteiger charge is 2.19. The smallest absolute Gasteiger partial charge is 0.332 e. The molecule has 0 unspecified atom stereocenters. The van der Waals surface area contributed by atoms with E-state index in [2.05, 4.69) is 15.0 Å². The summed E-state index contributed by atoms with van der Waals surface area (Å²) < 4.78 is 6.69. The second-order valence-corrected chi connectivity index (χ2v) is 5.64. The Labute approximate surface area is 152 Å². The fourth-order valence-corrected chi connectivity index (χ4v) is 2.89. The summed E-state index contributed by atoms with van der Waals surface area (Å²) in [4.78, 5) is 34.6. The van der Waals surface area contributed by atoms with Gasteiger partial charge in [0.25, 0.3) is 5.69 Å². The Hall–Kier alpha value is -4.01. The Kier molecular flexibility index (Phi) is 3.88. The van der Waals surface area contributed by atoms with Gasteiger partial charge in [-0.3, -0.25) is 10.1 Å². The number of nitro groups is 1. The molecule has 0 fully saturated rings. The number of nitrogens with zero attached hydrogens (tertiary/aromatic N) is 4. The van der Waals surface area contributed by atoms with Crippen LogP contribution in [0.1, 0.15) is 0 Å². The molecule has 9 nitrogen and oxygen atoms in total. The van der Waals surface area contributed by atoms with Crippen molar-refractivity contribution >= 4 is 16.9 Å². The van der Waals surface area contributed by atoms with Crippen LogP contribution < -0.4 is 10.4 Å². The first-order valence-corrected chi connectivity index (χ1v) is 7.95. The van der Waals surface area contributed by atoms with Gasteiger partial charge < -0.3 is 9.72 Å². The molecular formula is C18H13N5O4. The fourth-order valence-electron chi connectivity index (χ4n) is 2.89. The number of fused-ring (bicyclic) bond motifs is 1. The lowest BCUT2D eigenvalue weighted by molar-refractivity contribution is -0.384. The zero-order valence-corrected chi connectivity index (χ0v) is 14.1. The maximum Gasteiger partial charge on any atom is 0.332 e. The van der Waals surface area contributed by atoms with E-state index in [1.165, 1.54) is 23.9 Å². The predicted molar refractivity (Wildman–Crippen MR) is 98.1 cm³/mol. The average Bonchev–Trinajstić information content (AvgIpc) is 3.02. The minimum Gasteiger partial charge on any atom is -0.495 e. The van der Waals surface area contributed by atoms with Crippen LogP contribution in [0.4, 0.5) is 5.69 Å². The van der Waals surface area contributed by atoms with Gasteiger partial charge >= 0.3 is 5.69 Å². The quantitative estimate of drug-likeness (QED) is 0.440. The minimum absolute atomic E-state index is 0.112. The van der Waals surface area contributed by atoms with E-state index in [0.29, 0.717) is 22.6 Å². The monoisotopic (exact) mass is 363 g/mol. The molecule has 0 aliphatic rings. The molecule has 2 heterocycles. The number of H-pyrrole nitrogens is 1. The van der Waals surface area contributed by atoms with Crippen molar-refractivity contribution in [1.82, 2.24) is 19.5 Å². The van der Waals surface area contributed by atoms with Crippen LogP contribution in [-0.2, 0) is 0 Å². The van der Waals surface area contributed by atoms with E-state index in [1.807, 2.05) is 0 Å². The summed E-state index contributed by atoms with van der Waals surface area (Å²) in [5.74, 6) is 0.642. The number of rotatable bonds is 4. The van der Waals surface area contributed by atoms with Crippen LogP contribution in [0.5, 0.6) is 5.75 Å². The normalized spacial score (nSPS) is 10.9. The Bertz CT molecular complexity index is 1230. The van der Waals surface area contributed by atoms with E-state index >= 15 is 0 Å². The maximum absolute atomic E-state index is 12.5. The number of hydrogen-bond acceptors (Lipinski definition) is 6. The lowest BCUT2D eigenvalue weighted by Crippen LogP contribution is -2.15. The molecule has 134 valence electrons. The molecule has 0 aliphatic carbocycles. The molecule has 4 aromatic rings. The third kappa shape index (κ3) is 2.71. The average molecular weight is 363 g/mol. The third-order valence-corrected chi connectivity index (χ3v) is 4.09. The van der Waals surface area contributed by atoms with Gasteiger partial charge in [0, 0.05) is 6.07 Å². The Morgan fingerprint density at radius 3 is 2.67 bits per heavy atom.